The van der Waals surface area contributed by atoms with Gasteiger partial charge < -0.3 is 10.1 Å². The molecule has 162 valence electrons. The van der Waals surface area contributed by atoms with E-state index in [1.165, 1.54) is 10.4 Å². The molecule has 0 saturated carbocycles. The van der Waals surface area contributed by atoms with Gasteiger partial charge in [0.15, 0.2) is 0 Å². The highest BCUT2D eigenvalue weighted by atomic mass is 35.5. The lowest BCUT2D eigenvalue weighted by molar-refractivity contribution is -0.122. The van der Waals surface area contributed by atoms with Gasteiger partial charge in [-0.1, -0.05) is 29.8 Å². The summed E-state index contributed by atoms with van der Waals surface area (Å²) in [4.78, 5) is 14.3. The van der Waals surface area contributed by atoms with Crippen LogP contribution in [-0.4, -0.2) is 69.4 Å². The fourth-order valence-corrected chi connectivity index (χ4v) is 4.95. The molecule has 0 bridgehead atoms. The molecule has 2 aromatic rings. The molecule has 0 aromatic heterocycles. The van der Waals surface area contributed by atoms with Crippen LogP contribution in [-0.2, 0) is 14.8 Å². The average molecular weight is 452 g/mol. The Morgan fingerprint density at radius 1 is 1.10 bits per heavy atom. The highest BCUT2D eigenvalue weighted by Gasteiger charge is 2.29. The molecular weight excluding hydrogens is 426 g/mol. The van der Waals surface area contributed by atoms with Crippen LogP contribution >= 0.6 is 11.6 Å². The number of hydrogen-bond acceptors (Lipinski definition) is 5. The smallest absolute Gasteiger partial charge is 0.243 e. The van der Waals surface area contributed by atoms with E-state index in [2.05, 4.69) is 5.32 Å². The van der Waals surface area contributed by atoms with E-state index in [-0.39, 0.29) is 17.3 Å². The van der Waals surface area contributed by atoms with Gasteiger partial charge in [-0.2, -0.15) is 4.31 Å². The number of piperazine rings is 1. The molecule has 9 heteroatoms. The summed E-state index contributed by atoms with van der Waals surface area (Å²) in [5.41, 5.74) is 1.12. The van der Waals surface area contributed by atoms with E-state index < -0.39 is 10.0 Å². The Morgan fingerprint density at radius 3 is 2.53 bits per heavy atom. The number of amides is 1. The third-order valence-electron chi connectivity index (χ3n) is 4.81. The number of ether oxygens (including phenoxy) is 1. The molecule has 0 aliphatic carbocycles. The molecule has 1 amide bonds. The molecule has 3 rings (SSSR count). The van der Waals surface area contributed by atoms with E-state index in [1.807, 2.05) is 36.1 Å². The van der Waals surface area contributed by atoms with Crippen molar-refractivity contribution in [1.82, 2.24) is 14.5 Å². The summed E-state index contributed by atoms with van der Waals surface area (Å²) in [5.74, 6) is 0.676. The lowest BCUT2D eigenvalue weighted by Crippen LogP contribution is -2.51. The van der Waals surface area contributed by atoms with Gasteiger partial charge in [0.05, 0.1) is 18.0 Å². The van der Waals surface area contributed by atoms with Gasteiger partial charge in [-0.15, -0.1) is 0 Å². The van der Waals surface area contributed by atoms with E-state index >= 15 is 0 Å². The molecule has 0 atom stereocenters. The normalized spacial score (nSPS) is 15.7. The van der Waals surface area contributed by atoms with Crippen molar-refractivity contribution in [2.45, 2.75) is 11.8 Å². The quantitative estimate of drug-likeness (QED) is 0.622. The van der Waals surface area contributed by atoms with Crippen molar-refractivity contribution in [1.29, 1.82) is 0 Å². The highest BCUT2D eigenvalue weighted by molar-refractivity contribution is 7.89. The average Bonchev–Trinajstić information content (AvgIpc) is 2.72. The lowest BCUT2D eigenvalue weighted by atomic mass is 10.2. The first-order chi connectivity index (χ1) is 14.3. The summed E-state index contributed by atoms with van der Waals surface area (Å²) < 4.78 is 32.5. The molecule has 1 N–H and O–H groups in total. The predicted octanol–water partition coefficient (Wildman–Crippen LogP) is 2.15. The van der Waals surface area contributed by atoms with E-state index in [1.54, 1.807) is 18.2 Å². The minimum atomic E-state index is -3.58. The van der Waals surface area contributed by atoms with Gasteiger partial charge in [0.2, 0.25) is 15.9 Å². The van der Waals surface area contributed by atoms with Crippen LogP contribution in [0.1, 0.15) is 5.56 Å². The Labute approximate surface area is 182 Å². The Balaban J connectivity index is 1.39. The number of rotatable bonds is 8. The Kier molecular flexibility index (Phi) is 7.71. The Morgan fingerprint density at radius 2 is 1.83 bits per heavy atom. The highest BCUT2D eigenvalue weighted by Crippen LogP contribution is 2.20. The number of nitrogens with one attached hydrogen (secondary N) is 1. The molecule has 0 radical (unpaired) electrons. The third-order valence-corrected chi connectivity index (χ3v) is 6.94. The summed E-state index contributed by atoms with van der Waals surface area (Å²) in [6.45, 7) is 4.68. The van der Waals surface area contributed by atoms with Gasteiger partial charge in [-0.25, -0.2) is 8.42 Å². The zero-order valence-corrected chi connectivity index (χ0v) is 18.5. The maximum absolute atomic E-state index is 12.7. The second-order valence-corrected chi connectivity index (χ2v) is 9.53. The van der Waals surface area contributed by atoms with E-state index in [0.717, 1.165) is 11.3 Å². The molecular formula is C21H26ClN3O4S. The summed E-state index contributed by atoms with van der Waals surface area (Å²) in [6, 6.07) is 14.0. The largest absolute Gasteiger partial charge is 0.492 e. The molecule has 7 nitrogen and oxygen atoms in total. The molecule has 1 heterocycles. The van der Waals surface area contributed by atoms with Crippen LogP contribution in [0.4, 0.5) is 0 Å². The van der Waals surface area contributed by atoms with Crippen molar-refractivity contribution in [3.8, 4) is 5.75 Å². The van der Waals surface area contributed by atoms with Crippen LogP contribution in [0, 0.1) is 6.92 Å². The van der Waals surface area contributed by atoms with Crippen LogP contribution in [0.3, 0.4) is 0 Å². The van der Waals surface area contributed by atoms with Gasteiger partial charge in [0.1, 0.15) is 12.4 Å². The third kappa shape index (κ3) is 6.18. The number of carbonyl (C=O) groups excluding carboxylic acids is 1. The summed E-state index contributed by atoms with van der Waals surface area (Å²) >= 11 is 5.92. The van der Waals surface area contributed by atoms with Crippen LogP contribution in [0.5, 0.6) is 5.75 Å². The molecule has 1 saturated heterocycles. The SMILES string of the molecule is Cc1cccc(OCCNC(=O)CN2CCN(S(=O)(=O)c3cccc(Cl)c3)CC2)c1. The molecule has 1 aliphatic heterocycles. The number of halogens is 1. The second kappa shape index (κ2) is 10.3. The molecule has 0 unspecified atom stereocenters. The van der Waals surface area contributed by atoms with Crippen molar-refractivity contribution in [3.05, 3.63) is 59.1 Å². The summed E-state index contributed by atoms with van der Waals surface area (Å²) in [7, 11) is -3.58. The molecule has 1 fully saturated rings. The van der Waals surface area contributed by atoms with Gasteiger partial charge in [0, 0.05) is 31.2 Å². The number of carbonyl (C=O) groups is 1. The van der Waals surface area contributed by atoms with Crippen LogP contribution in [0.25, 0.3) is 0 Å². The summed E-state index contributed by atoms with van der Waals surface area (Å²) in [5, 5.41) is 3.22. The number of nitrogens with zero attached hydrogens (tertiary/aromatic N) is 2. The van der Waals surface area contributed by atoms with Crippen molar-refractivity contribution in [3.63, 3.8) is 0 Å². The van der Waals surface area contributed by atoms with Crippen molar-refractivity contribution < 1.29 is 17.9 Å². The van der Waals surface area contributed by atoms with Gasteiger partial charge >= 0.3 is 0 Å². The minimum absolute atomic E-state index is 0.103. The number of sulfonamides is 1. The number of hydrogen-bond donors (Lipinski definition) is 1. The van der Waals surface area contributed by atoms with Crippen molar-refractivity contribution in [2.75, 3.05) is 45.9 Å². The summed E-state index contributed by atoms with van der Waals surface area (Å²) in [6.07, 6.45) is 0. The second-order valence-electron chi connectivity index (χ2n) is 7.15. The maximum atomic E-state index is 12.7. The number of aryl methyl sites for hydroxylation is 1. The number of benzene rings is 2. The van der Waals surface area contributed by atoms with Crippen molar-refractivity contribution >= 4 is 27.5 Å². The molecule has 30 heavy (non-hydrogen) atoms. The topological polar surface area (TPSA) is 79.0 Å². The molecule has 0 spiro atoms. The molecule has 1 aliphatic rings. The van der Waals surface area contributed by atoms with E-state index in [0.29, 0.717) is 44.4 Å². The fourth-order valence-electron chi connectivity index (χ4n) is 3.23. The Hall–Kier alpha value is -2.13. The lowest BCUT2D eigenvalue weighted by Gasteiger charge is -2.33. The molecule has 2 aromatic carbocycles. The predicted molar refractivity (Wildman–Crippen MR) is 116 cm³/mol. The van der Waals surface area contributed by atoms with Crippen LogP contribution in [0.15, 0.2) is 53.4 Å². The standard InChI is InChI=1S/C21H26ClN3O4S/c1-17-4-2-6-19(14-17)29-13-8-23-21(26)16-24-9-11-25(12-10-24)30(27,28)20-7-3-5-18(22)15-20/h2-7,14-15H,8-13,16H2,1H3,(H,23,26). The Bertz CT molecular complexity index is 976. The van der Waals surface area contributed by atoms with Crippen LogP contribution in [0.2, 0.25) is 5.02 Å². The van der Waals surface area contributed by atoms with Gasteiger partial charge in [0.25, 0.3) is 0 Å². The van der Waals surface area contributed by atoms with E-state index in [9.17, 15) is 13.2 Å². The van der Waals surface area contributed by atoms with E-state index in [4.69, 9.17) is 16.3 Å². The van der Waals surface area contributed by atoms with Crippen molar-refractivity contribution in [2.24, 2.45) is 0 Å². The first kappa shape index (κ1) is 22.6. The maximum Gasteiger partial charge on any atom is 0.243 e. The zero-order chi connectivity index (χ0) is 21.6. The van der Waals surface area contributed by atoms with Crippen LogP contribution < -0.4 is 10.1 Å². The van der Waals surface area contributed by atoms with Gasteiger partial charge in [-0.05, 0) is 42.8 Å². The van der Waals surface area contributed by atoms with Gasteiger partial charge in [-0.3, -0.25) is 9.69 Å². The monoisotopic (exact) mass is 451 g/mol. The zero-order valence-electron chi connectivity index (χ0n) is 16.9. The minimum Gasteiger partial charge on any atom is -0.492 e. The fraction of sp³-hybridized carbons (Fsp3) is 0.381. The first-order valence-electron chi connectivity index (χ1n) is 9.79. The first-order valence-corrected chi connectivity index (χ1v) is 11.6.